The van der Waals surface area contributed by atoms with Gasteiger partial charge in [0.25, 0.3) is 0 Å². The van der Waals surface area contributed by atoms with Crippen molar-refractivity contribution in [3.63, 3.8) is 0 Å². The highest BCUT2D eigenvalue weighted by Gasteiger charge is 2.25. The lowest BCUT2D eigenvalue weighted by atomic mass is 10.0. The Hall–Kier alpha value is -2.56. The first-order valence-electron chi connectivity index (χ1n) is 9.63. The van der Waals surface area contributed by atoms with Gasteiger partial charge in [-0.3, -0.25) is 0 Å². The Balaban J connectivity index is 1.35. The number of piperazine rings is 1. The average molecular weight is 362 g/mol. The molecule has 3 aromatic carbocycles. The van der Waals surface area contributed by atoms with Crippen molar-refractivity contribution in [2.75, 3.05) is 31.1 Å². The van der Waals surface area contributed by atoms with E-state index in [4.69, 9.17) is 4.74 Å². The molecule has 27 heavy (non-hydrogen) atoms. The molecule has 0 bridgehead atoms. The smallest absolute Gasteiger partial charge is 0.119 e. The van der Waals surface area contributed by atoms with Crippen LogP contribution in [0.5, 0.6) is 5.75 Å². The predicted molar refractivity (Wildman–Crippen MR) is 111 cm³/mol. The first-order chi connectivity index (χ1) is 13.3. The van der Waals surface area contributed by atoms with E-state index in [-0.39, 0.29) is 6.04 Å². The van der Waals surface area contributed by atoms with Gasteiger partial charge in [-0.2, -0.15) is 0 Å². The lowest BCUT2D eigenvalue weighted by molar-refractivity contribution is 0.0977. The van der Waals surface area contributed by atoms with Crippen molar-refractivity contribution < 1.29 is 9.84 Å². The third-order valence-corrected chi connectivity index (χ3v) is 5.19. The molecule has 4 rings (SSSR count). The van der Waals surface area contributed by atoms with Gasteiger partial charge in [-0.05, 0) is 35.0 Å². The van der Waals surface area contributed by atoms with Crippen molar-refractivity contribution in [1.82, 2.24) is 5.32 Å². The van der Waals surface area contributed by atoms with Gasteiger partial charge in [0, 0.05) is 31.7 Å². The van der Waals surface area contributed by atoms with Gasteiger partial charge in [0.15, 0.2) is 0 Å². The molecule has 1 aliphatic heterocycles. The molecule has 4 heteroatoms. The minimum atomic E-state index is -0.433. The number of nitrogens with zero attached hydrogens (tertiary/aromatic N) is 1. The molecule has 1 aliphatic rings. The summed E-state index contributed by atoms with van der Waals surface area (Å²) in [5, 5.41) is 16.6. The standard InChI is InChI=1S/C23H26N2O2/c26-23(12-15-27-21-8-2-1-3-9-21)22-17-25(14-13-24-22)20-11-10-18-6-4-5-7-19(18)16-20/h1-11,16,22-24,26H,12-15,17H2/t22-,23-/m0/s1. The van der Waals surface area contributed by atoms with E-state index in [0.29, 0.717) is 13.0 Å². The van der Waals surface area contributed by atoms with E-state index in [1.807, 2.05) is 30.3 Å². The zero-order valence-electron chi connectivity index (χ0n) is 15.4. The molecule has 0 saturated carbocycles. The fraction of sp³-hybridized carbons (Fsp3) is 0.304. The Kier molecular flexibility index (Phi) is 5.56. The molecule has 0 amide bonds. The molecule has 2 N–H and O–H groups in total. The van der Waals surface area contributed by atoms with Gasteiger partial charge in [-0.15, -0.1) is 0 Å². The topological polar surface area (TPSA) is 44.7 Å². The molecule has 0 aromatic heterocycles. The zero-order chi connectivity index (χ0) is 18.5. The SMILES string of the molecule is O[C@@H](CCOc1ccccc1)[C@@H]1CN(c2ccc3ccccc3c2)CCN1. The normalized spacial score (nSPS) is 18.4. The third kappa shape index (κ3) is 4.41. The Morgan fingerprint density at radius 2 is 1.78 bits per heavy atom. The molecular weight excluding hydrogens is 336 g/mol. The third-order valence-electron chi connectivity index (χ3n) is 5.19. The molecule has 4 nitrogen and oxygen atoms in total. The molecule has 0 aliphatic carbocycles. The molecule has 0 unspecified atom stereocenters. The largest absolute Gasteiger partial charge is 0.493 e. The Labute approximate surface area is 160 Å². The number of hydrogen-bond acceptors (Lipinski definition) is 4. The summed E-state index contributed by atoms with van der Waals surface area (Å²) in [5.74, 6) is 0.846. The number of rotatable bonds is 6. The van der Waals surface area contributed by atoms with Crippen LogP contribution in [-0.4, -0.2) is 43.5 Å². The molecule has 1 heterocycles. The van der Waals surface area contributed by atoms with Crippen LogP contribution in [-0.2, 0) is 0 Å². The van der Waals surface area contributed by atoms with Gasteiger partial charge in [0.2, 0.25) is 0 Å². The first kappa shape index (κ1) is 17.8. The van der Waals surface area contributed by atoms with Crippen molar-refractivity contribution in [2.24, 2.45) is 0 Å². The monoisotopic (exact) mass is 362 g/mol. The summed E-state index contributed by atoms with van der Waals surface area (Å²) in [4.78, 5) is 2.36. The lowest BCUT2D eigenvalue weighted by Crippen LogP contribution is -2.56. The van der Waals surface area contributed by atoms with Gasteiger partial charge in [0.1, 0.15) is 5.75 Å². The van der Waals surface area contributed by atoms with E-state index < -0.39 is 6.10 Å². The van der Waals surface area contributed by atoms with Gasteiger partial charge in [-0.1, -0.05) is 48.5 Å². The van der Waals surface area contributed by atoms with Crippen LogP contribution >= 0.6 is 0 Å². The maximum atomic E-state index is 10.6. The Morgan fingerprint density at radius 1 is 1.00 bits per heavy atom. The van der Waals surface area contributed by atoms with Crippen LogP contribution in [0.1, 0.15) is 6.42 Å². The summed E-state index contributed by atoms with van der Waals surface area (Å²) < 4.78 is 5.73. The second-order valence-electron chi connectivity index (χ2n) is 7.06. The van der Waals surface area contributed by atoms with Crippen molar-refractivity contribution in [2.45, 2.75) is 18.6 Å². The number of ether oxygens (including phenoxy) is 1. The second-order valence-corrected chi connectivity index (χ2v) is 7.06. The van der Waals surface area contributed by atoms with Crippen LogP contribution in [0.2, 0.25) is 0 Å². The Bertz CT molecular complexity index is 868. The molecular formula is C23H26N2O2. The summed E-state index contributed by atoms with van der Waals surface area (Å²) in [7, 11) is 0. The first-order valence-corrected chi connectivity index (χ1v) is 9.63. The number of fused-ring (bicyclic) bond motifs is 1. The molecule has 3 aromatic rings. The lowest BCUT2D eigenvalue weighted by Gasteiger charge is -2.37. The van der Waals surface area contributed by atoms with E-state index in [0.717, 1.165) is 25.4 Å². The molecule has 1 saturated heterocycles. The molecule has 1 fully saturated rings. The van der Waals surface area contributed by atoms with Crippen LogP contribution in [0, 0.1) is 0 Å². The van der Waals surface area contributed by atoms with Crippen molar-refractivity contribution in [3.8, 4) is 5.75 Å². The minimum absolute atomic E-state index is 0.0459. The maximum Gasteiger partial charge on any atom is 0.119 e. The van der Waals surface area contributed by atoms with Gasteiger partial charge < -0.3 is 20.1 Å². The molecule has 140 valence electrons. The fourth-order valence-electron chi connectivity index (χ4n) is 3.66. The zero-order valence-corrected chi connectivity index (χ0v) is 15.4. The summed E-state index contributed by atoms with van der Waals surface area (Å²) in [5.41, 5.74) is 1.22. The number of anilines is 1. The van der Waals surface area contributed by atoms with Gasteiger partial charge in [0.05, 0.1) is 18.8 Å². The van der Waals surface area contributed by atoms with Crippen molar-refractivity contribution in [1.29, 1.82) is 0 Å². The summed E-state index contributed by atoms with van der Waals surface area (Å²) in [6.45, 7) is 3.13. The van der Waals surface area contributed by atoms with E-state index in [1.54, 1.807) is 0 Å². The summed E-state index contributed by atoms with van der Waals surface area (Å²) >= 11 is 0. The van der Waals surface area contributed by atoms with Crippen molar-refractivity contribution >= 4 is 16.5 Å². The molecule has 2 atom stereocenters. The van der Waals surface area contributed by atoms with Crippen LogP contribution < -0.4 is 15.0 Å². The molecule has 0 radical (unpaired) electrons. The number of para-hydroxylation sites is 1. The van der Waals surface area contributed by atoms with E-state index >= 15 is 0 Å². The number of aliphatic hydroxyl groups is 1. The fourth-order valence-corrected chi connectivity index (χ4v) is 3.66. The van der Waals surface area contributed by atoms with E-state index in [2.05, 4.69) is 52.7 Å². The van der Waals surface area contributed by atoms with Gasteiger partial charge >= 0.3 is 0 Å². The minimum Gasteiger partial charge on any atom is -0.493 e. The van der Waals surface area contributed by atoms with E-state index in [9.17, 15) is 5.11 Å². The average Bonchev–Trinajstić information content (AvgIpc) is 2.74. The van der Waals surface area contributed by atoms with E-state index in [1.165, 1.54) is 16.5 Å². The number of hydrogen-bond donors (Lipinski definition) is 2. The highest BCUT2D eigenvalue weighted by Crippen LogP contribution is 2.23. The van der Waals surface area contributed by atoms with Crippen molar-refractivity contribution in [3.05, 3.63) is 72.8 Å². The van der Waals surface area contributed by atoms with Gasteiger partial charge in [-0.25, -0.2) is 0 Å². The summed E-state index contributed by atoms with van der Waals surface area (Å²) in [6, 6.07) is 24.8. The predicted octanol–water partition coefficient (Wildman–Crippen LogP) is 3.45. The highest BCUT2D eigenvalue weighted by molar-refractivity contribution is 5.85. The van der Waals surface area contributed by atoms with Crippen LogP contribution in [0.25, 0.3) is 10.8 Å². The Morgan fingerprint density at radius 3 is 2.63 bits per heavy atom. The number of benzene rings is 3. The second kappa shape index (κ2) is 8.42. The van der Waals surface area contributed by atoms with Crippen LogP contribution in [0.4, 0.5) is 5.69 Å². The quantitative estimate of drug-likeness (QED) is 0.705. The number of aliphatic hydroxyl groups excluding tert-OH is 1. The van der Waals surface area contributed by atoms with Crippen LogP contribution in [0.3, 0.4) is 0 Å². The molecule has 0 spiro atoms. The van der Waals surface area contributed by atoms with Crippen LogP contribution in [0.15, 0.2) is 72.8 Å². The number of nitrogens with one attached hydrogen (secondary N) is 1. The summed E-state index contributed by atoms with van der Waals surface area (Å²) in [6.07, 6.45) is 0.176. The maximum absolute atomic E-state index is 10.6. The highest BCUT2D eigenvalue weighted by atomic mass is 16.5.